The highest BCUT2D eigenvalue weighted by Crippen LogP contribution is 2.16. The van der Waals surface area contributed by atoms with Crippen molar-refractivity contribution in [3.05, 3.63) is 47.9 Å². The van der Waals surface area contributed by atoms with Crippen molar-refractivity contribution in [1.82, 2.24) is 9.97 Å². The van der Waals surface area contributed by atoms with Crippen LogP contribution < -0.4 is 4.72 Å². The van der Waals surface area contributed by atoms with E-state index in [1.54, 1.807) is 19.1 Å². The summed E-state index contributed by atoms with van der Waals surface area (Å²) in [7, 11) is -3.67. The van der Waals surface area contributed by atoms with E-state index in [0.29, 0.717) is 19.0 Å². The molecule has 112 valence electrons. The van der Waals surface area contributed by atoms with Crippen LogP contribution in [0.4, 0.5) is 5.82 Å². The topological polar surface area (TPSA) is 81.2 Å². The van der Waals surface area contributed by atoms with E-state index in [0.717, 1.165) is 5.56 Å². The molecule has 0 bridgehead atoms. The maximum absolute atomic E-state index is 12.3. The molecule has 0 spiro atoms. The Morgan fingerprint density at radius 3 is 2.81 bits per heavy atom. The van der Waals surface area contributed by atoms with E-state index >= 15 is 0 Å². The number of benzene rings is 1. The van der Waals surface area contributed by atoms with Gasteiger partial charge in [-0.25, -0.2) is 18.4 Å². The molecule has 0 atom stereocenters. The number of nitrogens with zero attached hydrogens (tertiary/aromatic N) is 2. The predicted molar refractivity (Wildman–Crippen MR) is 79.3 cm³/mol. The molecule has 0 unspecified atom stereocenters. The number of aryl methyl sites for hydroxylation is 1. The second-order valence-electron chi connectivity index (χ2n) is 4.38. The van der Waals surface area contributed by atoms with Crippen molar-refractivity contribution in [2.24, 2.45) is 0 Å². The third-order valence-electron chi connectivity index (χ3n) is 2.70. The quantitative estimate of drug-likeness (QED) is 0.884. The van der Waals surface area contributed by atoms with Gasteiger partial charge in [0.1, 0.15) is 11.6 Å². The Morgan fingerprint density at radius 1 is 1.29 bits per heavy atom. The fourth-order valence-corrected chi connectivity index (χ4v) is 2.80. The largest absolute Gasteiger partial charge is 0.377 e. The highest BCUT2D eigenvalue weighted by atomic mass is 32.2. The molecule has 0 aliphatic carbocycles. The predicted octanol–water partition coefficient (Wildman–Crippen LogP) is 2.12. The summed E-state index contributed by atoms with van der Waals surface area (Å²) in [6.45, 7) is 4.54. The van der Waals surface area contributed by atoms with Gasteiger partial charge >= 0.3 is 0 Å². The van der Waals surface area contributed by atoms with Gasteiger partial charge in [-0.15, -0.1) is 0 Å². The number of aromatic nitrogens is 2. The van der Waals surface area contributed by atoms with Gasteiger partial charge in [-0.2, -0.15) is 0 Å². The molecule has 1 heterocycles. The molecule has 0 saturated carbocycles. The van der Waals surface area contributed by atoms with Crippen LogP contribution >= 0.6 is 0 Å². The summed E-state index contributed by atoms with van der Waals surface area (Å²) in [5.41, 5.74) is 0.804. The molecule has 2 rings (SSSR count). The molecule has 1 aromatic heterocycles. The fourth-order valence-electron chi connectivity index (χ4n) is 1.73. The molecule has 0 radical (unpaired) electrons. The van der Waals surface area contributed by atoms with E-state index in [4.69, 9.17) is 4.74 Å². The summed E-state index contributed by atoms with van der Waals surface area (Å²) in [4.78, 5) is 8.13. The molecule has 0 saturated heterocycles. The Labute approximate surface area is 124 Å². The van der Waals surface area contributed by atoms with Crippen molar-refractivity contribution in [3.63, 3.8) is 0 Å². The Balaban J connectivity index is 2.23. The first-order valence-electron chi connectivity index (χ1n) is 6.50. The van der Waals surface area contributed by atoms with Crippen LogP contribution in [-0.4, -0.2) is 25.0 Å². The average Bonchev–Trinajstić information content (AvgIpc) is 2.45. The zero-order chi connectivity index (χ0) is 15.3. The summed E-state index contributed by atoms with van der Waals surface area (Å²) in [6, 6.07) is 8.14. The van der Waals surface area contributed by atoms with E-state index in [2.05, 4.69) is 14.7 Å². The molecular weight excluding hydrogens is 290 g/mol. The minimum absolute atomic E-state index is 0.177. The van der Waals surface area contributed by atoms with Crippen LogP contribution in [0, 0.1) is 6.92 Å². The van der Waals surface area contributed by atoms with Crippen molar-refractivity contribution in [1.29, 1.82) is 0 Å². The first kappa shape index (κ1) is 15.4. The molecule has 7 heteroatoms. The standard InChI is InChI=1S/C14H17N3O3S/c1-3-20-10-12-5-4-6-13(9-12)21(18,19)17-14-7-8-15-11(2)16-14/h4-9H,3,10H2,1-2H3,(H,15,16,17). The first-order chi connectivity index (χ1) is 10.0. The van der Waals surface area contributed by atoms with Gasteiger partial charge in [0.05, 0.1) is 11.5 Å². The van der Waals surface area contributed by atoms with Crippen molar-refractivity contribution in [3.8, 4) is 0 Å². The van der Waals surface area contributed by atoms with Crippen LogP contribution in [-0.2, 0) is 21.4 Å². The molecule has 0 aliphatic heterocycles. The lowest BCUT2D eigenvalue weighted by Gasteiger charge is -2.09. The second kappa shape index (κ2) is 6.64. The molecule has 0 amide bonds. The van der Waals surface area contributed by atoms with Crippen molar-refractivity contribution in [2.45, 2.75) is 25.3 Å². The lowest BCUT2D eigenvalue weighted by atomic mass is 10.2. The van der Waals surface area contributed by atoms with E-state index in [1.165, 1.54) is 18.3 Å². The number of hydrogen-bond acceptors (Lipinski definition) is 5. The Hall–Kier alpha value is -1.99. The molecule has 21 heavy (non-hydrogen) atoms. The number of hydrogen-bond donors (Lipinski definition) is 1. The summed E-state index contributed by atoms with van der Waals surface area (Å²) in [5, 5.41) is 0. The van der Waals surface area contributed by atoms with Gasteiger partial charge in [-0.3, -0.25) is 4.72 Å². The maximum Gasteiger partial charge on any atom is 0.263 e. The van der Waals surface area contributed by atoms with E-state index < -0.39 is 10.0 Å². The van der Waals surface area contributed by atoms with Gasteiger partial charge in [0.15, 0.2) is 0 Å². The molecular formula is C14H17N3O3S. The lowest BCUT2D eigenvalue weighted by Crippen LogP contribution is -2.14. The van der Waals surface area contributed by atoms with Crippen molar-refractivity contribution in [2.75, 3.05) is 11.3 Å². The monoisotopic (exact) mass is 307 g/mol. The van der Waals surface area contributed by atoms with Crippen LogP contribution in [0.1, 0.15) is 18.3 Å². The van der Waals surface area contributed by atoms with Crippen LogP contribution in [0.25, 0.3) is 0 Å². The van der Waals surface area contributed by atoms with Gasteiger partial charge < -0.3 is 4.74 Å². The normalized spacial score (nSPS) is 11.3. The van der Waals surface area contributed by atoms with E-state index in [1.807, 2.05) is 13.0 Å². The molecule has 1 N–H and O–H groups in total. The third kappa shape index (κ3) is 4.24. The van der Waals surface area contributed by atoms with Crippen LogP contribution in [0.3, 0.4) is 0 Å². The SMILES string of the molecule is CCOCc1cccc(S(=O)(=O)Nc2ccnc(C)n2)c1. The molecule has 2 aromatic rings. The number of anilines is 1. The lowest BCUT2D eigenvalue weighted by molar-refractivity contribution is 0.134. The minimum atomic E-state index is -3.67. The Morgan fingerprint density at radius 2 is 2.10 bits per heavy atom. The number of rotatable bonds is 6. The summed E-state index contributed by atoms with van der Waals surface area (Å²) >= 11 is 0. The van der Waals surface area contributed by atoms with Crippen LogP contribution in [0.2, 0.25) is 0 Å². The number of sulfonamides is 1. The first-order valence-corrected chi connectivity index (χ1v) is 7.99. The molecule has 6 nitrogen and oxygen atoms in total. The zero-order valence-corrected chi connectivity index (χ0v) is 12.7. The minimum Gasteiger partial charge on any atom is -0.377 e. The van der Waals surface area contributed by atoms with Gasteiger partial charge in [0, 0.05) is 12.8 Å². The maximum atomic E-state index is 12.3. The van der Waals surface area contributed by atoms with Gasteiger partial charge in [-0.05, 0) is 37.6 Å². The highest BCUT2D eigenvalue weighted by molar-refractivity contribution is 7.92. The smallest absolute Gasteiger partial charge is 0.263 e. The average molecular weight is 307 g/mol. The van der Waals surface area contributed by atoms with Gasteiger partial charge in [0.2, 0.25) is 0 Å². The van der Waals surface area contributed by atoms with Crippen molar-refractivity contribution < 1.29 is 13.2 Å². The van der Waals surface area contributed by atoms with Crippen molar-refractivity contribution >= 4 is 15.8 Å². The second-order valence-corrected chi connectivity index (χ2v) is 6.06. The molecule has 1 aromatic carbocycles. The van der Waals surface area contributed by atoms with Crippen LogP contribution in [0.5, 0.6) is 0 Å². The van der Waals surface area contributed by atoms with Gasteiger partial charge in [0.25, 0.3) is 10.0 Å². The fraction of sp³-hybridized carbons (Fsp3) is 0.286. The molecule has 0 fully saturated rings. The Bertz CT molecular complexity index is 717. The Kier molecular flexibility index (Phi) is 4.87. The zero-order valence-electron chi connectivity index (χ0n) is 11.9. The summed E-state index contributed by atoms with van der Waals surface area (Å²) in [6.07, 6.45) is 1.51. The third-order valence-corrected chi connectivity index (χ3v) is 4.05. The van der Waals surface area contributed by atoms with E-state index in [-0.39, 0.29) is 10.7 Å². The molecule has 0 aliphatic rings. The highest BCUT2D eigenvalue weighted by Gasteiger charge is 2.15. The summed E-state index contributed by atoms with van der Waals surface area (Å²) in [5.74, 6) is 0.748. The van der Waals surface area contributed by atoms with Crippen LogP contribution in [0.15, 0.2) is 41.4 Å². The van der Waals surface area contributed by atoms with Gasteiger partial charge in [-0.1, -0.05) is 12.1 Å². The number of ether oxygens (including phenoxy) is 1. The number of nitrogens with one attached hydrogen (secondary N) is 1. The summed E-state index contributed by atoms with van der Waals surface area (Å²) < 4.78 is 32.4. The van der Waals surface area contributed by atoms with E-state index in [9.17, 15) is 8.42 Å².